The number of hydrogen-bond acceptors (Lipinski definition) is 8. The number of nitrogens with zero attached hydrogens (tertiary/aromatic N) is 2. The van der Waals surface area contributed by atoms with E-state index in [4.69, 9.17) is 16.3 Å². The first-order valence-electron chi connectivity index (χ1n) is 10.5. The summed E-state index contributed by atoms with van der Waals surface area (Å²) in [5.74, 6) is -0.172. The Morgan fingerprint density at radius 3 is 2.62 bits per heavy atom. The Bertz CT molecular complexity index is 1350. The van der Waals surface area contributed by atoms with Crippen LogP contribution in [0, 0.1) is 0 Å². The average Bonchev–Trinajstić information content (AvgIpc) is 3.17. The highest BCUT2D eigenvalue weighted by molar-refractivity contribution is 7.90. The second-order valence-electron chi connectivity index (χ2n) is 8.09. The standard InChI is InChI=1S/C22H23ClN4O5S2/c1-27-9-7-13(8-10-27)32-14-3-5-17(23)16(11-14)20(28)25-21(29)26-22-24-18-6-4-15(34(2,30)31)12-19(18)33-22/h3-6,11-13H,7-10H2,1-2H3,(H2,24,25,26,28,29). The third-order valence-corrected chi connectivity index (χ3v) is 7.76. The first kappa shape index (κ1) is 24.4. The number of carbonyl (C=O) groups excluding carboxylic acids is 2. The maximum absolute atomic E-state index is 12.7. The molecule has 0 atom stereocenters. The minimum Gasteiger partial charge on any atom is -0.490 e. The lowest BCUT2D eigenvalue weighted by Gasteiger charge is -2.29. The number of benzene rings is 2. The van der Waals surface area contributed by atoms with Crippen LogP contribution in [-0.2, 0) is 9.84 Å². The molecule has 1 aliphatic heterocycles. The highest BCUT2D eigenvalue weighted by atomic mass is 35.5. The number of likely N-dealkylation sites (tertiary alicyclic amines) is 1. The Balaban J connectivity index is 1.42. The number of aromatic nitrogens is 1. The molecule has 3 amide bonds. The summed E-state index contributed by atoms with van der Waals surface area (Å²) in [7, 11) is -1.30. The fourth-order valence-corrected chi connectivity index (χ4v) is 5.36. The Morgan fingerprint density at radius 1 is 1.18 bits per heavy atom. The van der Waals surface area contributed by atoms with Gasteiger partial charge in [0.25, 0.3) is 5.91 Å². The number of imide groups is 1. The molecule has 0 unspecified atom stereocenters. The van der Waals surface area contributed by atoms with Crippen LogP contribution in [0.5, 0.6) is 5.75 Å². The molecule has 180 valence electrons. The van der Waals surface area contributed by atoms with Crippen LogP contribution >= 0.6 is 22.9 Å². The van der Waals surface area contributed by atoms with E-state index in [0.717, 1.165) is 43.5 Å². The highest BCUT2D eigenvalue weighted by Gasteiger charge is 2.20. The molecule has 1 saturated heterocycles. The van der Waals surface area contributed by atoms with Gasteiger partial charge < -0.3 is 9.64 Å². The number of ether oxygens (including phenoxy) is 1. The molecule has 2 heterocycles. The first-order valence-corrected chi connectivity index (χ1v) is 13.5. The van der Waals surface area contributed by atoms with Gasteiger partial charge in [0, 0.05) is 19.3 Å². The molecule has 1 aliphatic rings. The summed E-state index contributed by atoms with van der Waals surface area (Å²) < 4.78 is 30.1. The molecule has 1 fully saturated rings. The van der Waals surface area contributed by atoms with Gasteiger partial charge in [-0.25, -0.2) is 18.2 Å². The molecule has 12 heteroatoms. The van der Waals surface area contributed by atoms with Crippen LogP contribution in [0.1, 0.15) is 23.2 Å². The number of carbonyl (C=O) groups is 2. The van der Waals surface area contributed by atoms with Crippen molar-refractivity contribution in [2.75, 3.05) is 31.7 Å². The number of fused-ring (bicyclic) bond motifs is 1. The lowest BCUT2D eigenvalue weighted by atomic mass is 10.1. The van der Waals surface area contributed by atoms with E-state index in [2.05, 4.69) is 27.6 Å². The van der Waals surface area contributed by atoms with E-state index in [9.17, 15) is 18.0 Å². The number of hydrogen-bond donors (Lipinski definition) is 2. The maximum atomic E-state index is 12.7. The number of anilines is 1. The smallest absolute Gasteiger partial charge is 0.327 e. The van der Waals surface area contributed by atoms with Gasteiger partial charge in [-0.15, -0.1) is 0 Å². The molecule has 3 aromatic rings. The van der Waals surface area contributed by atoms with Gasteiger partial charge in [-0.05, 0) is 56.3 Å². The predicted octanol–water partition coefficient (Wildman–Crippen LogP) is 3.79. The number of thiazole rings is 1. The Labute approximate surface area is 206 Å². The third-order valence-electron chi connectivity index (χ3n) is 5.39. The summed E-state index contributed by atoms with van der Waals surface area (Å²) in [6.07, 6.45) is 2.94. The van der Waals surface area contributed by atoms with Crippen molar-refractivity contribution in [3.05, 3.63) is 47.0 Å². The van der Waals surface area contributed by atoms with Crippen molar-refractivity contribution in [1.29, 1.82) is 0 Å². The van der Waals surface area contributed by atoms with Gasteiger partial charge in [-0.2, -0.15) is 0 Å². The van der Waals surface area contributed by atoms with Crippen molar-refractivity contribution >= 4 is 60.1 Å². The number of urea groups is 1. The Morgan fingerprint density at radius 2 is 1.91 bits per heavy atom. The van der Waals surface area contributed by atoms with E-state index in [1.165, 1.54) is 18.2 Å². The van der Waals surface area contributed by atoms with Gasteiger partial charge in [0.15, 0.2) is 15.0 Å². The number of amides is 3. The van der Waals surface area contributed by atoms with Gasteiger partial charge in [-0.1, -0.05) is 22.9 Å². The van der Waals surface area contributed by atoms with Crippen LogP contribution < -0.4 is 15.4 Å². The van der Waals surface area contributed by atoms with Crippen LogP contribution in [0.25, 0.3) is 10.2 Å². The molecule has 0 radical (unpaired) electrons. The minimum atomic E-state index is -3.36. The van der Waals surface area contributed by atoms with Gasteiger partial charge >= 0.3 is 6.03 Å². The second kappa shape index (κ2) is 9.87. The normalized spacial score (nSPS) is 15.3. The zero-order valence-electron chi connectivity index (χ0n) is 18.5. The SMILES string of the molecule is CN1CCC(Oc2ccc(Cl)c(C(=O)NC(=O)Nc3nc4ccc(S(C)(=O)=O)cc4s3)c2)CC1. The van der Waals surface area contributed by atoms with Crippen molar-refractivity contribution in [1.82, 2.24) is 15.2 Å². The molecule has 1 aromatic heterocycles. The van der Waals surface area contributed by atoms with Crippen LogP contribution in [-0.4, -0.2) is 62.7 Å². The van der Waals surface area contributed by atoms with Crippen LogP contribution in [0.2, 0.25) is 5.02 Å². The fraction of sp³-hybridized carbons (Fsp3) is 0.318. The molecule has 2 aromatic carbocycles. The molecule has 9 nitrogen and oxygen atoms in total. The highest BCUT2D eigenvalue weighted by Crippen LogP contribution is 2.28. The largest absolute Gasteiger partial charge is 0.490 e. The molecule has 2 N–H and O–H groups in total. The van der Waals surface area contributed by atoms with Gasteiger partial charge in [-0.3, -0.25) is 15.4 Å². The summed E-state index contributed by atoms with van der Waals surface area (Å²) in [6.45, 7) is 1.88. The Kier molecular flexibility index (Phi) is 7.08. The molecular formula is C22H23ClN4O5S2. The molecule has 0 spiro atoms. The van der Waals surface area contributed by atoms with Gasteiger partial charge in [0.2, 0.25) is 0 Å². The maximum Gasteiger partial charge on any atom is 0.327 e. The van der Waals surface area contributed by atoms with E-state index in [0.29, 0.717) is 16.0 Å². The van der Waals surface area contributed by atoms with E-state index in [-0.39, 0.29) is 26.7 Å². The number of nitrogens with one attached hydrogen (secondary N) is 2. The van der Waals surface area contributed by atoms with Crippen molar-refractivity contribution in [3.63, 3.8) is 0 Å². The topological polar surface area (TPSA) is 118 Å². The lowest BCUT2D eigenvalue weighted by molar-refractivity contribution is 0.0963. The summed E-state index contributed by atoms with van der Waals surface area (Å²) in [5, 5.41) is 5.15. The van der Waals surface area contributed by atoms with E-state index in [1.807, 2.05) is 0 Å². The van der Waals surface area contributed by atoms with Gasteiger partial charge in [0.1, 0.15) is 11.9 Å². The van der Waals surface area contributed by atoms with Crippen molar-refractivity contribution in [2.24, 2.45) is 0 Å². The monoisotopic (exact) mass is 522 g/mol. The fourth-order valence-electron chi connectivity index (χ4n) is 3.53. The van der Waals surface area contributed by atoms with E-state index in [1.54, 1.807) is 18.2 Å². The average molecular weight is 523 g/mol. The summed E-state index contributed by atoms with van der Waals surface area (Å²) >= 11 is 7.28. The predicted molar refractivity (Wildman–Crippen MR) is 132 cm³/mol. The van der Waals surface area contributed by atoms with Crippen LogP contribution in [0.3, 0.4) is 0 Å². The van der Waals surface area contributed by atoms with E-state index < -0.39 is 21.8 Å². The van der Waals surface area contributed by atoms with Crippen LogP contribution in [0.4, 0.5) is 9.93 Å². The van der Waals surface area contributed by atoms with Crippen LogP contribution in [0.15, 0.2) is 41.3 Å². The molecular weight excluding hydrogens is 500 g/mol. The summed E-state index contributed by atoms with van der Waals surface area (Å²) in [6, 6.07) is 8.50. The zero-order chi connectivity index (χ0) is 24.5. The minimum absolute atomic E-state index is 0.0545. The summed E-state index contributed by atoms with van der Waals surface area (Å²) in [5.41, 5.74) is 0.644. The number of piperidine rings is 1. The molecule has 0 saturated carbocycles. The summed E-state index contributed by atoms with van der Waals surface area (Å²) in [4.78, 5) is 31.7. The molecule has 4 rings (SSSR count). The number of sulfone groups is 1. The molecule has 0 bridgehead atoms. The zero-order valence-corrected chi connectivity index (χ0v) is 20.9. The lowest BCUT2D eigenvalue weighted by Crippen LogP contribution is -2.36. The molecule has 0 aliphatic carbocycles. The van der Waals surface area contributed by atoms with Crippen molar-refractivity contribution in [2.45, 2.75) is 23.8 Å². The first-order chi connectivity index (χ1) is 16.1. The number of rotatable bonds is 5. The third kappa shape index (κ3) is 5.84. The quantitative estimate of drug-likeness (QED) is 0.523. The van der Waals surface area contributed by atoms with Gasteiger partial charge in [0.05, 0.1) is 25.7 Å². The second-order valence-corrected chi connectivity index (χ2v) is 11.5. The van der Waals surface area contributed by atoms with Crippen molar-refractivity contribution < 1.29 is 22.7 Å². The number of halogens is 1. The van der Waals surface area contributed by atoms with E-state index >= 15 is 0 Å². The Hall–Kier alpha value is -2.73. The molecule has 34 heavy (non-hydrogen) atoms. The van der Waals surface area contributed by atoms with Crippen molar-refractivity contribution in [3.8, 4) is 5.75 Å².